The Bertz CT molecular complexity index is 820. The van der Waals surface area contributed by atoms with Crippen LogP contribution in [0.4, 0.5) is 0 Å². The van der Waals surface area contributed by atoms with E-state index in [1.165, 1.54) is 0 Å². The van der Waals surface area contributed by atoms with Crippen LogP contribution in [0, 0.1) is 11.3 Å². The van der Waals surface area contributed by atoms with Crippen molar-refractivity contribution in [1.29, 1.82) is 5.26 Å². The number of aryl methyl sites for hydroxylation is 1. The van der Waals surface area contributed by atoms with Gasteiger partial charge in [0.05, 0.1) is 11.4 Å². The largest absolute Gasteiger partial charge is 0.307 e. The smallest absolute Gasteiger partial charge is 0.162 e. The molecule has 0 unspecified atom stereocenters. The van der Waals surface area contributed by atoms with Crippen LogP contribution in [0.1, 0.15) is 23.5 Å². The summed E-state index contributed by atoms with van der Waals surface area (Å²) < 4.78 is 4.01. The third-order valence-electron chi connectivity index (χ3n) is 4.01. The number of nitrogens with zero attached hydrogens (tertiary/aromatic N) is 6. The third kappa shape index (κ3) is 2.36. The van der Waals surface area contributed by atoms with Crippen molar-refractivity contribution in [1.82, 2.24) is 24.1 Å². The van der Waals surface area contributed by atoms with Crippen LogP contribution < -0.4 is 0 Å². The molecule has 4 heterocycles. The van der Waals surface area contributed by atoms with Gasteiger partial charge in [0.1, 0.15) is 11.7 Å². The van der Waals surface area contributed by atoms with Crippen molar-refractivity contribution in [3.8, 4) is 6.07 Å². The van der Waals surface area contributed by atoms with Gasteiger partial charge in [0.2, 0.25) is 0 Å². The quantitative estimate of drug-likeness (QED) is 0.722. The molecule has 6 heteroatoms. The van der Waals surface area contributed by atoms with Crippen molar-refractivity contribution in [2.45, 2.75) is 26.1 Å². The fourth-order valence-electron chi connectivity index (χ4n) is 3.01. The molecule has 0 radical (unpaired) electrons. The van der Waals surface area contributed by atoms with Crippen LogP contribution in [-0.4, -0.2) is 30.6 Å². The lowest BCUT2D eigenvalue weighted by molar-refractivity contribution is 0.258. The van der Waals surface area contributed by atoms with E-state index < -0.39 is 0 Å². The molecule has 4 rings (SSSR count). The molecule has 3 aromatic heterocycles. The number of aromatic nitrogens is 4. The maximum atomic E-state index is 8.99. The average Bonchev–Trinajstić information content (AvgIpc) is 3.06. The summed E-state index contributed by atoms with van der Waals surface area (Å²) in [6, 6.07) is 10.0. The fourth-order valence-corrected chi connectivity index (χ4v) is 3.01. The summed E-state index contributed by atoms with van der Waals surface area (Å²) in [5.74, 6) is 0. The number of nitriles is 1. The van der Waals surface area contributed by atoms with Gasteiger partial charge in [-0.05, 0) is 24.6 Å². The van der Waals surface area contributed by atoms with Gasteiger partial charge < -0.3 is 4.40 Å². The Morgan fingerprint density at radius 2 is 2.23 bits per heavy atom. The van der Waals surface area contributed by atoms with Gasteiger partial charge in [0.25, 0.3) is 0 Å². The molecular formula is C16H16N6. The molecule has 0 aromatic carbocycles. The predicted molar refractivity (Wildman–Crippen MR) is 80.9 cm³/mol. The Morgan fingerprint density at radius 1 is 1.27 bits per heavy atom. The molecule has 110 valence electrons. The molecule has 3 aromatic rings. The first kappa shape index (κ1) is 13.0. The molecule has 0 fully saturated rings. The first-order valence-corrected chi connectivity index (χ1v) is 7.43. The molecule has 0 saturated carbocycles. The van der Waals surface area contributed by atoms with Crippen molar-refractivity contribution in [2.75, 3.05) is 6.54 Å². The van der Waals surface area contributed by atoms with Crippen LogP contribution in [0.15, 0.2) is 36.7 Å². The zero-order valence-electron chi connectivity index (χ0n) is 12.2. The zero-order valence-corrected chi connectivity index (χ0v) is 12.2. The van der Waals surface area contributed by atoms with Crippen LogP contribution in [0.3, 0.4) is 0 Å². The SMILES string of the molecule is N#Cc1cc2n(n1)CCCN(Cc1cn3ccccc3n1)C2. The maximum Gasteiger partial charge on any atom is 0.162 e. The molecule has 0 spiro atoms. The van der Waals surface area contributed by atoms with Gasteiger partial charge in [-0.25, -0.2) is 4.98 Å². The van der Waals surface area contributed by atoms with Gasteiger partial charge in [-0.1, -0.05) is 6.07 Å². The summed E-state index contributed by atoms with van der Waals surface area (Å²) in [6.45, 7) is 3.51. The van der Waals surface area contributed by atoms with Crippen molar-refractivity contribution >= 4 is 5.65 Å². The summed E-state index contributed by atoms with van der Waals surface area (Å²) in [7, 11) is 0. The second-order valence-corrected chi connectivity index (χ2v) is 5.62. The van der Waals surface area contributed by atoms with Crippen molar-refractivity contribution in [3.05, 3.63) is 53.7 Å². The van der Waals surface area contributed by atoms with E-state index in [0.29, 0.717) is 5.69 Å². The van der Waals surface area contributed by atoms with E-state index in [9.17, 15) is 0 Å². The number of rotatable bonds is 2. The Balaban J connectivity index is 1.56. The normalized spacial score (nSPS) is 15.4. The van der Waals surface area contributed by atoms with Crippen LogP contribution >= 0.6 is 0 Å². The molecule has 1 aliphatic rings. The number of pyridine rings is 1. The minimum Gasteiger partial charge on any atom is -0.307 e. The summed E-state index contributed by atoms with van der Waals surface area (Å²) >= 11 is 0. The topological polar surface area (TPSA) is 62.2 Å². The zero-order chi connectivity index (χ0) is 14.9. The van der Waals surface area contributed by atoms with E-state index in [1.807, 2.05) is 39.5 Å². The predicted octanol–water partition coefficient (Wildman–Crippen LogP) is 1.81. The van der Waals surface area contributed by atoms with Crippen molar-refractivity contribution in [2.24, 2.45) is 0 Å². The molecule has 0 aliphatic carbocycles. The van der Waals surface area contributed by atoms with Gasteiger partial charge in [-0.15, -0.1) is 0 Å². The average molecular weight is 292 g/mol. The van der Waals surface area contributed by atoms with Crippen LogP contribution in [0.2, 0.25) is 0 Å². The number of hydrogen-bond acceptors (Lipinski definition) is 4. The van der Waals surface area contributed by atoms with Crippen LogP contribution in [0.25, 0.3) is 5.65 Å². The van der Waals surface area contributed by atoms with Gasteiger partial charge in [-0.2, -0.15) is 10.4 Å². The van der Waals surface area contributed by atoms with Gasteiger partial charge in [0.15, 0.2) is 5.69 Å². The lowest BCUT2D eigenvalue weighted by Gasteiger charge is -2.17. The summed E-state index contributed by atoms with van der Waals surface area (Å²) in [5, 5.41) is 13.3. The van der Waals surface area contributed by atoms with Crippen molar-refractivity contribution in [3.63, 3.8) is 0 Å². The monoisotopic (exact) mass is 292 g/mol. The summed E-state index contributed by atoms with van der Waals surface area (Å²) in [6.07, 6.45) is 5.13. The van der Waals surface area contributed by atoms with E-state index in [4.69, 9.17) is 5.26 Å². The molecular weight excluding hydrogens is 276 g/mol. The molecule has 22 heavy (non-hydrogen) atoms. The van der Waals surface area contributed by atoms with E-state index in [1.54, 1.807) is 0 Å². The minimum absolute atomic E-state index is 0.504. The fraction of sp³-hybridized carbons (Fsp3) is 0.312. The van der Waals surface area contributed by atoms with Gasteiger partial charge in [0, 0.05) is 38.6 Å². The highest BCUT2D eigenvalue weighted by molar-refractivity contribution is 5.39. The van der Waals surface area contributed by atoms with Gasteiger partial charge in [-0.3, -0.25) is 9.58 Å². The lowest BCUT2D eigenvalue weighted by atomic mass is 10.3. The number of fused-ring (bicyclic) bond motifs is 2. The summed E-state index contributed by atoms with van der Waals surface area (Å²) in [5.41, 5.74) is 3.66. The molecule has 0 saturated heterocycles. The highest BCUT2D eigenvalue weighted by Crippen LogP contribution is 2.16. The summed E-state index contributed by atoms with van der Waals surface area (Å²) in [4.78, 5) is 7.03. The van der Waals surface area contributed by atoms with E-state index in [0.717, 1.165) is 49.6 Å². The molecule has 1 aliphatic heterocycles. The first-order chi connectivity index (χ1) is 10.8. The number of hydrogen-bond donors (Lipinski definition) is 0. The van der Waals surface area contributed by atoms with Gasteiger partial charge >= 0.3 is 0 Å². The van der Waals surface area contributed by atoms with Crippen LogP contribution in [-0.2, 0) is 19.6 Å². The first-order valence-electron chi connectivity index (χ1n) is 7.43. The van der Waals surface area contributed by atoms with E-state index in [2.05, 4.69) is 27.2 Å². The minimum atomic E-state index is 0.504. The second-order valence-electron chi connectivity index (χ2n) is 5.62. The third-order valence-corrected chi connectivity index (χ3v) is 4.01. The highest BCUT2D eigenvalue weighted by Gasteiger charge is 2.17. The molecule has 6 nitrogen and oxygen atoms in total. The lowest BCUT2D eigenvalue weighted by Crippen LogP contribution is -2.22. The second kappa shape index (κ2) is 5.28. The Labute approximate surface area is 128 Å². The molecule has 0 atom stereocenters. The van der Waals surface area contributed by atoms with Crippen molar-refractivity contribution < 1.29 is 0 Å². The van der Waals surface area contributed by atoms with Crippen LogP contribution in [0.5, 0.6) is 0 Å². The van der Waals surface area contributed by atoms with E-state index in [-0.39, 0.29) is 0 Å². The number of imidazole rings is 1. The molecule has 0 amide bonds. The Hall–Kier alpha value is -2.65. The maximum absolute atomic E-state index is 8.99. The van der Waals surface area contributed by atoms with E-state index >= 15 is 0 Å². The standard InChI is InChI=1S/C16H16N6/c17-9-13-8-15-12-20(5-3-7-22(15)19-13)10-14-11-21-6-2-1-4-16(21)18-14/h1-2,4,6,8,11H,3,5,7,10,12H2. The molecule has 0 N–H and O–H groups in total. The Morgan fingerprint density at radius 3 is 3.09 bits per heavy atom. The highest BCUT2D eigenvalue weighted by atomic mass is 15.3. The Kier molecular flexibility index (Phi) is 3.13. The molecule has 0 bridgehead atoms.